The molecule has 0 bridgehead atoms. The molecule has 32 valence electrons. The third-order valence-corrected chi connectivity index (χ3v) is 0.281. The second-order valence-corrected chi connectivity index (χ2v) is 0.686. The van der Waals surface area contributed by atoms with Crippen molar-refractivity contribution < 1.29 is 4.39 Å². The fourth-order valence-corrected chi connectivity index (χ4v) is 0.0972. The number of allylic oxidation sites excluding steroid dienone is 2. The maximum absolute atomic E-state index is 10.9. The van der Waals surface area contributed by atoms with Gasteiger partial charge in [0.15, 0.2) is 0 Å². The molecule has 0 aromatic carbocycles. The number of halogens is 1. The van der Waals surface area contributed by atoms with Crippen LogP contribution in [0.4, 0.5) is 4.39 Å². The summed E-state index contributed by atoms with van der Waals surface area (Å²) in [5.41, 5.74) is 0. The molecule has 0 fully saturated rings. The Hall–Kier alpha value is -0.840. The van der Waals surface area contributed by atoms with Crippen molar-refractivity contribution in [2.75, 3.05) is 6.67 Å². The first-order chi connectivity index (χ1) is 2.91. The highest BCUT2D eigenvalue weighted by atomic mass is 19.1. The third kappa shape index (κ3) is 3.16. The third-order valence-electron chi connectivity index (χ3n) is 0.281. The number of nitriles is 1. The van der Waals surface area contributed by atoms with E-state index in [4.69, 9.17) is 5.26 Å². The lowest BCUT2D eigenvalue weighted by atomic mass is 10.6. The van der Waals surface area contributed by atoms with Crippen LogP contribution in [0.15, 0.2) is 12.2 Å². The molecule has 0 heterocycles. The van der Waals surface area contributed by atoms with Crippen LogP contribution in [-0.4, -0.2) is 6.67 Å². The molecule has 0 saturated heterocycles. The van der Waals surface area contributed by atoms with Gasteiger partial charge in [-0.25, -0.2) is 4.39 Å². The van der Waals surface area contributed by atoms with Crippen LogP contribution in [0.25, 0.3) is 0 Å². The van der Waals surface area contributed by atoms with E-state index < -0.39 is 6.67 Å². The maximum Gasteiger partial charge on any atom is 0.109 e. The maximum atomic E-state index is 10.9. The number of nitrogens with zero attached hydrogens (tertiary/aromatic N) is 1. The van der Waals surface area contributed by atoms with E-state index in [9.17, 15) is 4.39 Å². The van der Waals surface area contributed by atoms with Gasteiger partial charge in [-0.1, -0.05) is 0 Å². The van der Waals surface area contributed by atoms with E-state index >= 15 is 0 Å². The second kappa shape index (κ2) is 4.16. The monoisotopic (exact) mass is 85.0 g/mol. The first-order valence-electron chi connectivity index (χ1n) is 1.52. The Labute approximate surface area is 35.7 Å². The molecular formula is C4H4FN. The summed E-state index contributed by atoms with van der Waals surface area (Å²) in [6.07, 6.45) is 2.26. The van der Waals surface area contributed by atoms with Crippen LogP contribution in [0, 0.1) is 11.3 Å². The molecule has 0 rings (SSSR count). The minimum Gasteiger partial charge on any atom is -0.247 e. The molecule has 0 atom stereocenters. The number of hydrogen-bond acceptors (Lipinski definition) is 1. The average molecular weight is 85.1 g/mol. The van der Waals surface area contributed by atoms with Gasteiger partial charge in [0, 0.05) is 6.08 Å². The van der Waals surface area contributed by atoms with E-state index in [2.05, 4.69) is 0 Å². The molecule has 2 heteroatoms. The van der Waals surface area contributed by atoms with Crippen LogP contribution in [0.2, 0.25) is 0 Å². The zero-order valence-electron chi connectivity index (χ0n) is 3.19. The molecule has 1 nitrogen and oxygen atoms in total. The summed E-state index contributed by atoms with van der Waals surface area (Å²) in [5, 5.41) is 7.69. The van der Waals surface area contributed by atoms with Crippen molar-refractivity contribution in [2.45, 2.75) is 0 Å². The van der Waals surface area contributed by atoms with Crippen molar-refractivity contribution in [1.29, 1.82) is 5.26 Å². The minimum absolute atomic E-state index is 0.548. The van der Waals surface area contributed by atoms with Crippen molar-refractivity contribution in [3.63, 3.8) is 0 Å². The number of hydrogen-bond donors (Lipinski definition) is 0. The van der Waals surface area contributed by atoms with Crippen LogP contribution in [0.1, 0.15) is 0 Å². The lowest BCUT2D eigenvalue weighted by Crippen LogP contribution is -1.55. The summed E-state index contributed by atoms with van der Waals surface area (Å²) in [6, 6.07) is 1.65. The lowest BCUT2D eigenvalue weighted by molar-refractivity contribution is 0.562. The SMILES string of the molecule is N#C/C=C/CF. The highest BCUT2D eigenvalue weighted by molar-refractivity contribution is 5.01. The van der Waals surface area contributed by atoms with E-state index in [0.29, 0.717) is 0 Å². The molecule has 0 aliphatic heterocycles. The quantitative estimate of drug-likeness (QED) is 0.436. The Morgan fingerprint density at radius 1 is 1.83 bits per heavy atom. The Morgan fingerprint density at radius 3 is 2.67 bits per heavy atom. The Balaban J connectivity index is 3.02. The Morgan fingerprint density at radius 2 is 2.50 bits per heavy atom. The fraction of sp³-hybridized carbons (Fsp3) is 0.250. The minimum atomic E-state index is -0.548. The van der Waals surface area contributed by atoms with Gasteiger partial charge in [-0.15, -0.1) is 0 Å². The zero-order valence-corrected chi connectivity index (χ0v) is 3.19. The standard InChI is InChI=1S/C4H4FN/c5-3-1-2-4-6/h1-2H,3H2/b2-1+. The molecule has 0 amide bonds. The van der Waals surface area contributed by atoms with Gasteiger partial charge in [-0.2, -0.15) is 5.26 Å². The summed E-state index contributed by atoms with van der Waals surface area (Å²) in [6.45, 7) is -0.548. The van der Waals surface area contributed by atoms with Gasteiger partial charge in [0.1, 0.15) is 6.67 Å². The van der Waals surface area contributed by atoms with Crippen molar-refractivity contribution in [3.05, 3.63) is 12.2 Å². The van der Waals surface area contributed by atoms with Crippen LogP contribution < -0.4 is 0 Å². The molecular weight excluding hydrogens is 81.0 g/mol. The topological polar surface area (TPSA) is 23.8 Å². The predicted octanol–water partition coefficient (Wildman–Crippen LogP) is 1.04. The molecule has 0 unspecified atom stereocenters. The van der Waals surface area contributed by atoms with E-state index in [1.165, 1.54) is 0 Å². The van der Waals surface area contributed by atoms with Gasteiger partial charge in [0.25, 0.3) is 0 Å². The largest absolute Gasteiger partial charge is 0.247 e. The van der Waals surface area contributed by atoms with Gasteiger partial charge < -0.3 is 0 Å². The van der Waals surface area contributed by atoms with Crippen molar-refractivity contribution in [2.24, 2.45) is 0 Å². The van der Waals surface area contributed by atoms with Gasteiger partial charge in [-0.05, 0) is 6.08 Å². The number of alkyl halides is 1. The van der Waals surface area contributed by atoms with E-state index in [-0.39, 0.29) is 0 Å². The molecule has 0 saturated carbocycles. The van der Waals surface area contributed by atoms with Gasteiger partial charge >= 0.3 is 0 Å². The number of rotatable bonds is 1. The molecule has 0 radical (unpaired) electrons. The summed E-state index contributed by atoms with van der Waals surface area (Å²) in [4.78, 5) is 0. The van der Waals surface area contributed by atoms with Gasteiger partial charge in [-0.3, -0.25) is 0 Å². The molecule has 0 aliphatic carbocycles. The van der Waals surface area contributed by atoms with Crippen LogP contribution >= 0.6 is 0 Å². The lowest BCUT2D eigenvalue weighted by Gasteiger charge is -1.60. The second-order valence-electron chi connectivity index (χ2n) is 0.686. The molecule has 0 aromatic heterocycles. The van der Waals surface area contributed by atoms with E-state index in [0.717, 1.165) is 12.2 Å². The Bertz CT molecular complexity index is 80.0. The smallest absolute Gasteiger partial charge is 0.109 e. The predicted molar refractivity (Wildman–Crippen MR) is 20.7 cm³/mol. The summed E-state index contributed by atoms with van der Waals surface area (Å²) in [5.74, 6) is 0. The zero-order chi connectivity index (χ0) is 4.83. The van der Waals surface area contributed by atoms with Crippen LogP contribution in [0.5, 0.6) is 0 Å². The van der Waals surface area contributed by atoms with Crippen molar-refractivity contribution in [1.82, 2.24) is 0 Å². The first-order valence-corrected chi connectivity index (χ1v) is 1.52. The normalized spacial score (nSPS) is 8.67. The van der Waals surface area contributed by atoms with Gasteiger partial charge in [0.2, 0.25) is 0 Å². The average Bonchev–Trinajstić information content (AvgIpc) is 1.61. The first kappa shape index (κ1) is 5.16. The van der Waals surface area contributed by atoms with Crippen molar-refractivity contribution in [3.8, 4) is 6.07 Å². The summed E-state index contributed by atoms with van der Waals surface area (Å²) < 4.78 is 10.9. The van der Waals surface area contributed by atoms with E-state index in [1.54, 1.807) is 6.07 Å². The Kier molecular flexibility index (Phi) is 3.58. The van der Waals surface area contributed by atoms with Gasteiger partial charge in [0.05, 0.1) is 6.07 Å². The fourth-order valence-electron chi connectivity index (χ4n) is 0.0972. The molecule has 6 heavy (non-hydrogen) atoms. The molecule has 0 spiro atoms. The molecule has 0 aromatic rings. The summed E-state index contributed by atoms with van der Waals surface area (Å²) in [7, 11) is 0. The highest BCUT2D eigenvalue weighted by Gasteiger charge is 1.61. The summed E-state index contributed by atoms with van der Waals surface area (Å²) >= 11 is 0. The van der Waals surface area contributed by atoms with E-state index in [1.807, 2.05) is 0 Å². The van der Waals surface area contributed by atoms with Crippen LogP contribution in [0.3, 0.4) is 0 Å². The van der Waals surface area contributed by atoms with Crippen LogP contribution in [-0.2, 0) is 0 Å². The molecule has 0 N–H and O–H groups in total. The molecule has 0 aliphatic rings. The highest BCUT2D eigenvalue weighted by Crippen LogP contribution is 1.68. The van der Waals surface area contributed by atoms with Crippen molar-refractivity contribution >= 4 is 0 Å².